The standard InChI is InChI=1S/C30H51N3O2S/c1-25-16-18-26(19-17-25)36(34,35)31-27-14-10-11-15-28(27)33-23-20-29(32(2)3)30(24-33)21-12-8-6-4-5-7-9-13-22-30/h16-19,27-29,31H,4-15,20-24H2,1-3H3/t27-,28-,29?/m1/s1. The van der Waals surface area contributed by atoms with Gasteiger partial charge in [0.2, 0.25) is 10.0 Å². The number of nitrogens with one attached hydrogen (secondary N) is 1. The molecular weight excluding hydrogens is 466 g/mol. The van der Waals surface area contributed by atoms with E-state index in [1.807, 2.05) is 19.1 Å². The average molecular weight is 518 g/mol. The number of benzene rings is 1. The molecule has 0 bridgehead atoms. The summed E-state index contributed by atoms with van der Waals surface area (Å²) in [6.45, 7) is 4.20. The van der Waals surface area contributed by atoms with Crippen molar-refractivity contribution in [2.45, 2.75) is 126 Å². The van der Waals surface area contributed by atoms with Gasteiger partial charge in [0.25, 0.3) is 0 Å². The number of likely N-dealkylation sites (tertiary alicyclic amines) is 1. The Bertz CT molecular complexity index is 903. The minimum Gasteiger partial charge on any atom is -0.306 e. The number of nitrogens with zero attached hydrogens (tertiary/aromatic N) is 2. The molecule has 1 saturated heterocycles. The molecule has 1 unspecified atom stereocenters. The minimum atomic E-state index is -3.51. The van der Waals surface area contributed by atoms with Gasteiger partial charge in [0.05, 0.1) is 4.90 Å². The van der Waals surface area contributed by atoms with Crippen LogP contribution < -0.4 is 4.72 Å². The van der Waals surface area contributed by atoms with Crippen molar-refractivity contribution in [1.29, 1.82) is 0 Å². The highest BCUT2D eigenvalue weighted by Gasteiger charge is 2.46. The fourth-order valence-electron chi connectivity index (χ4n) is 7.57. The minimum absolute atomic E-state index is 0.000688. The molecule has 2 aliphatic carbocycles. The molecular formula is C30H51N3O2S. The Kier molecular flexibility index (Phi) is 9.93. The lowest BCUT2D eigenvalue weighted by atomic mass is 9.67. The van der Waals surface area contributed by atoms with Crippen LogP contribution in [0.1, 0.15) is 102 Å². The van der Waals surface area contributed by atoms with Crippen LogP contribution in [0.15, 0.2) is 29.2 Å². The van der Waals surface area contributed by atoms with E-state index in [0.29, 0.717) is 22.4 Å². The monoisotopic (exact) mass is 517 g/mol. The van der Waals surface area contributed by atoms with E-state index in [0.717, 1.165) is 37.9 Å². The number of rotatable bonds is 5. The highest BCUT2D eigenvalue weighted by atomic mass is 32.2. The van der Waals surface area contributed by atoms with Crippen LogP contribution >= 0.6 is 0 Å². The summed E-state index contributed by atoms with van der Waals surface area (Å²) in [4.78, 5) is 5.62. The molecule has 1 N–H and O–H groups in total. The van der Waals surface area contributed by atoms with E-state index in [4.69, 9.17) is 0 Å². The Morgan fingerprint density at radius 2 is 1.42 bits per heavy atom. The van der Waals surface area contributed by atoms with E-state index in [2.05, 4.69) is 28.6 Å². The fraction of sp³-hybridized carbons (Fsp3) is 0.800. The number of aryl methyl sites for hydroxylation is 1. The maximum absolute atomic E-state index is 13.3. The van der Waals surface area contributed by atoms with Gasteiger partial charge in [0, 0.05) is 31.2 Å². The van der Waals surface area contributed by atoms with Gasteiger partial charge in [-0.1, -0.05) is 81.9 Å². The maximum atomic E-state index is 13.3. The van der Waals surface area contributed by atoms with E-state index in [1.165, 1.54) is 77.0 Å². The largest absolute Gasteiger partial charge is 0.306 e. The van der Waals surface area contributed by atoms with Gasteiger partial charge >= 0.3 is 0 Å². The van der Waals surface area contributed by atoms with Gasteiger partial charge in [0.15, 0.2) is 0 Å². The quantitative estimate of drug-likeness (QED) is 0.511. The molecule has 0 aromatic heterocycles. The van der Waals surface area contributed by atoms with Crippen molar-refractivity contribution in [2.24, 2.45) is 5.41 Å². The topological polar surface area (TPSA) is 52.7 Å². The predicted octanol–water partition coefficient (Wildman–Crippen LogP) is 6.12. The van der Waals surface area contributed by atoms with E-state index in [1.54, 1.807) is 12.1 Å². The molecule has 36 heavy (non-hydrogen) atoms. The SMILES string of the molecule is Cc1ccc(S(=O)(=O)N[C@@H]2CCCC[C@H]2N2CCC(N(C)C)C3(CCCCCCCCCC3)C2)cc1. The molecule has 2 saturated carbocycles. The fourth-order valence-corrected chi connectivity index (χ4v) is 8.88. The lowest BCUT2D eigenvalue weighted by Gasteiger charge is -2.54. The third kappa shape index (κ3) is 6.92. The van der Waals surface area contributed by atoms with Crippen LogP contribution in [0.3, 0.4) is 0 Å². The van der Waals surface area contributed by atoms with Crippen LogP contribution in [-0.2, 0) is 10.0 Å². The Hall–Kier alpha value is -0.950. The second-order valence-corrected chi connectivity index (χ2v) is 14.0. The first kappa shape index (κ1) is 28.1. The second kappa shape index (κ2) is 12.7. The summed E-state index contributed by atoms with van der Waals surface area (Å²) in [6, 6.07) is 8.21. The van der Waals surface area contributed by atoms with Gasteiger partial charge in [-0.2, -0.15) is 0 Å². The summed E-state index contributed by atoms with van der Waals surface area (Å²) in [5.41, 5.74) is 1.41. The van der Waals surface area contributed by atoms with Crippen LogP contribution in [0.2, 0.25) is 0 Å². The van der Waals surface area contributed by atoms with Gasteiger partial charge in [0.1, 0.15) is 0 Å². The van der Waals surface area contributed by atoms with Crippen molar-refractivity contribution in [2.75, 3.05) is 27.2 Å². The molecule has 6 heteroatoms. The molecule has 4 rings (SSSR count). The zero-order valence-electron chi connectivity index (χ0n) is 23.2. The van der Waals surface area contributed by atoms with Crippen molar-refractivity contribution in [3.8, 4) is 0 Å². The number of sulfonamides is 1. The molecule has 0 amide bonds. The Labute approximate surface area is 221 Å². The molecule has 3 fully saturated rings. The van der Waals surface area contributed by atoms with E-state index in [-0.39, 0.29) is 6.04 Å². The zero-order chi connectivity index (χ0) is 25.6. The lowest BCUT2D eigenvalue weighted by Crippen LogP contribution is -2.62. The Balaban J connectivity index is 1.54. The summed E-state index contributed by atoms with van der Waals surface area (Å²) < 4.78 is 29.8. The van der Waals surface area contributed by atoms with Gasteiger partial charge in [-0.05, 0) is 70.7 Å². The third-order valence-corrected chi connectivity index (χ3v) is 11.0. The smallest absolute Gasteiger partial charge is 0.240 e. The van der Waals surface area contributed by atoms with E-state index < -0.39 is 10.0 Å². The van der Waals surface area contributed by atoms with Crippen LogP contribution in [0.5, 0.6) is 0 Å². The van der Waals surface area contributed by atoms with Crippen LogP contribution in [0.4, 0.5) is 0 Å². The first-order valence-corrected chi connectivity index (χ1v) is 16.3. The van der Waals surface area contributed by atoms with Crippen molar-refractivity contribution in [3.05, 3.63) is 29.8 Å². The summed E-state index contributed by atoms with van der Waals surface area (Å²) in [7, 11) is 1.05. The van der Waals surface area contributed by atoms with Gasteiger partial charge in [-0.15, -0.1) is 0 Å². The molecule has 3 aliphatic rings. The zero-order valence-corrected chi connectivity index (χ0v) is 24.0. The summed E-state index contributed by atoms with van der Waals surface area (Å²) >= 11 is 0. The van der Waals surface area contributed by atoms with Crippen molar-refractivity contribution >= 4 is 10.0 Å². The van der Waals surface area contributed by atoms with Gasteiger partial charge in [-0.3, -0.25) is 4.90 Å². The number of hydrogen-bond acceptors (Lipinski definition) is 4. The molecule has 1 aromatic rings. The molecule has 1 heterocycles. The lowest BCUT2D eigenvalue weighted by molar-refractivity contribution is -0.0378. The summed E-state index contributed by atoms with van der Waals surface area (Å²) in [5.74, 6) is 0. The van der Waals surface area contributed by atoms with Crippen LogP contribution in [-0.4, -0.2) is 63.5 Å². The second-order valence-electron chi connectivity index (χ2n) is 12.3. The molecule has 3 atom stereocenters. The van der Waals surface area contributed by atoms with Crippen LogP contribution in [0, 0.1) is 12.3 Å². The normalized spacial score (nSPS) is 29.2. The number of piperidine rings is 1. The summed E-state index contributed by atoms with van der Waals surface area (Å²) in [6.07, 6.45) is 19.2. The van der Waals surface area contributed by atoms with Crippen LogP contribution in [0.25, 0.3) is 0 Å². The molecule has 0 radical (unpaired) electrons. The molecule has 5 nitrogen and oxygen atoms in total. The summed E-state index contributed by atoms with van der Waals surface area (Å²) in [5, 5.41) is 0. The van der Waals surface area contributed by atoms with Crippen molar-refractivity contribution in [1.82, 2.24) is 14.5 Å². The third-order valence-electron chi connectivity index (χ3n) is 9.47. The van der Waals surface area contributed by atoms with Gasteiger partial charge < -0.3 is 4.90 Å². The molecule has 204 valence electrons. The first-order chi connectivity index (χ1) is 17.3. The first-order valence-electron chi connectivity index (χ1n) is 14.8. The van der Waals surface area contributed by atoms with Crippen molar-refractivity contribution < 1.29 is 8.42 Å². The van der Waals surface area contributed by atoms with Crippen molar-refractivity contribution in [3.63, 3.8) is 0 Å². The Morgan fingerprint density at radius 1 is 0.833 bits per heavy atom. The molecule has 1 spiro atoms. The maximum Gasteiger partial charge on any atom is 0.240 e. The molecule has 1 aliphatic heterocycles. The predicted molar refractivity (Wildman–Crippen MR) is 150 cm³/mol. The van der Waals surface area contributed by atoms with E-state index in [9.17, 15) is 8.42 Å². The molecule has 1 aromatic carbocycles. The highest BCUT2D eigenvalue weighted by Crippen LogP contribution is 2.44. The van der Waals surface area contributed by atoms with Gasteiger partial charge in [-0.25, -0.2) is 13.1 Å². The highest BCUT2D eigenvalue weighted by molar-refractivity contribution is 7.89. The van der Waals surface area contributed by atoms with E-state index >= 15 is 0 Å². The Morgan fingerprint density at radius 3 is 2.03 bits per heavy atom. The number of hydrogen-bond donors (Lipinski definition) is 1. The average Bonchev–Trinajstić information content (AvgIpc) is 2.90.